The van der Waals surface area contributed by atoms with Gasteiger partial charge in [-0.25, -0.2) is 0 Å². The largest absolute Gasteiger partial charge is 0.371 e. The first kappa shape index (κ1) is 15.0. The summed E-state index contributed by atoms with van der Waals surface area (Å²) in [6.07, 6.45) is 3.52. The van der Waals surface area contributed by atoms with E-state index in [0.29, 0.717) is 6.04 Å². The molecule has 1 N–H and O–H groups in total. The average Bonchev–Trinajstić information content (AvgIpc) is 2.41. The second kappa shape index (κ2) is 8.15. The number of anilines is 1. The lowest BCUT2D eigenvalue weighted by atomic mass is 10.0. The smallest absolute Gasteiger partial charge is 0.0414 e. The Morgan fingerprint density at radius 3 is 2.17 bits per heavy atom. The maximum Gasteiger partial charge on any atom is 0.0414 e. The van der Waals surface area contributed by atoms with Crippen LogP contribution in [0.3, 0.4) is 0 Å². The summed E-state index contributed by atoms with van der Waals surface area (Å²) in [4.78, 5) is 2.52. The van der Waals surface area contributed by atoms with Crippen LogP contribution in [0, 0.1) is 0 Å². The molecule has 0 aromatic heterocycles. The average molecular weight is 248 g/mol. The predicted molar refractivity (Wildman–Crippen MR) is 81.3 cm³/mol. The van der Waals surface area contributed by atoms with Crippen molar-refractivity contribution in [3.05, 3.63) is 29.8 Å². The number of nitrogens with zero attached hydrogens (tertiary/aromatic N) is 1. The number of hydrogen-bond donors (Lipinski definition) is 1. The van der Waals surface area contributed by atoms with Gasteiger partial charge in [0.2, 0.25) is 0 Å². The van der Waals surface area contributed by atoms with E-state index in [1.165, 1.54) is 24.1 Å². The minimum absolute atomic E-state index is 0.456. The Morgan fingerprint density at radius 1 is 1.06 bits per heavy atom. The van der Waals surface area contributed by atoms with Gasteiger partial charge in [0.25, 0.3) is 0 Å². The van der Waals surface area contributed by atoms with Crippen molar-refractivity contribution in [2.45, 2.75) is 46.1 Å². The molecule has 0 aliphatic rings. The highest BCUT2D eigenvalue weighted by Crippen LogP contribution is 2.28. The molecular weight excluding hydrogens is 220 g/mol. The molecular formula is C16H28N2. The van der Waals surface area contributed by atoms with E-state index in [-0.39, 0.29) is 0 Å². The van der Waals surface area contributed by atoms with Crippen LogP contribution in [0.25, 0.3) is 0 Å². The Labute approximate surface area is 112 Å². The lowest BCUT2D eigenvalue weighted by Gasteiger charge is -2.29. The van der Waals surface area contributed by atoms with Crippen LogP contribution in [0.5, 0.6) is 0 Å². The summed E-state index contributed by atoms with van der Waals surface area (Å²) in [5.74, 6) is 0. The van der Waals surface area contributed by atoms with Gasteiger partial charge >= 0.3 is 0 Å². The van der Waals surface area contributed by atoms with Crippen LogP contribution in [0.15, 0.2) is 24.3 Å². The Bertz CT molecular complexity index is 326. The van der Waals surface area contributed by atoms with Gasteiger partial charge in [0.1, 0.15) is 0 Å². The topological polar surface area (TPSA) is 15.3 Å². The molecule has 0 radical (unpaired) electrons. The Morgan fingerprint density at radius 2 is 1.67 bits per heavy atom. The summed E-state index contributed by atoms with van der Waals surface area (Å²) in [6, 6.07) is 9.28. The molecule has 0 spiro atoms. The third-order valence-electron chi connectivity index (χ3n) is 3.40. The van der Waals surface area contributed by atoms with Crippen molar-refractivity contribution in [2.75, 3.05) is 25.0 Å². The van der Waals surface area contributed by atoms with Gasteiger partial charge in [0.15, 0.2) is 0 Å². The van der Waals surface area contributed by atoms with E-state index >= 15 is 0 Å². The molecule has 0 saturated carbocycles. The number of benzene rings is 1. The fourth-order valence-corrected chi connectivity index (χ4v) is 2.54. The van der Waals surface area contributed by atoms with Crippen molar-refractivity contribution in [1.82, 2.24) is 5.32 Å². The summed E-state index contributed by atoms with van der Waals surface area (Å²) < 4.78 is 0. The maximum atomic E-state index is 3.42. The van der Waals surface area contributed by atoms with E-state index in [1.54, 1.807) is 0 Å². The molecule has 1 atom stereocenters. The maximum absolute atomic E-state index is 3.42. The summed E-state index contributed by atoms with van der Waals surface area (Å²) in [7, 11) is 2.05. The predicted octanol–water partition coefficient (Wildman–Crippen LogP) is 3.98. The van der Waals surface area contributed by atoms with Crippen LogP contribution >= 0.6 is 0 Å². The lowest BCUT2D eigenvalue weighted by Crippen LogP contribution is -2.28. The van der Waals surface area contributed by atoms with Gasteiger partial charge in [-0.3, -0.25) is 0 Å². The molecule has 1 aromatic carbocycles. The molecule has 1 aromatic rings. The van der Waals surface area contributed by atoms with Crippen molar-refractivity contribution in [2.24, 2.45) is 0 Å². The van der Waals surface area contributed by atoms with Crippen LogP contribution < -0.4 is 10.2 Å². The molecule has 2 heteroatoms. The Balaban J connectivity index is 3.04. The zero-order valence-electron chi connectivity index (χ0n) is 12.4. The zero-order chi connectivity index (χ0) is 13.4. The highest BCUT2D eigenvalue weighted by molar-refractivity contribution is 5.55. The zero-order valence-corrected chi connectivity index (χ0v) is 12.4. The van der Waals surface area contributed by atoms with E-state index in [4.69, 9.17) is 0 Å². The van der Waals surface area contributed by atoms with Crippen molar-refractivity contribution >= 4 is 5.69 Å². The minimum Gasteiger partial charge on any atom is -0.371 e. The van der Waals surface area contributed by atoms with Crippen molar-refractivity contribution < 1.29 is 0 Å². The first-order chi connectivity index (χ1) is 8.78. The number of rotatable bonds is 8. The normalized spacial score (nSPS) is 12.4. The van der Waals surface area contributed by atoms with Gasteiger partial charge in [-0.05, 0) is 37.9 Å². The summed E-state index contributed by atoms with van der Waals surface area (Å²) in [5.41, 5.74) is 2.84. The van der Waals surface area contributed by atoms with Gasteiger partial charge in [-0.1, -0.05) is 39.0 Å². The van der Waals surface area contributed by atoms with E-state index in [2.05, 4.69) is 62.3 Å². The molecule has 1 rings (SSSR count). The molecule has 0 fully saturated rings. The minimum atomic E-state index is 0.456. The van der Waals surface area contributed by atoms with Gasteiger partial charge in [0.05, 0.1) is 0 Å². The number of nitrogens with one attached hydrogen (secondary N) is 1. The summed E-state index contributed by atoms with van der Waals surface area (Å²) in [5, 5.41) is 3.42. The van der Waals surface area contributed by atoms with E-state index in [9.17, 15) is 0 Å². The summed E-state index contributed by atoms with van der Waals surface area (Å²) in [6.45, 7) is 9.03. The lowest BCUT2D eigenvalue weighted by molar-refractivity contribution is 0.573. The second-order valence-electron chi connectivity index (χ2n) is 4.80. The molecule has 0 amide bonds. The van der Waals surface area contributed by atoms with Gasteiger partial charge in [-0.15, -0.1) is 0 Å². The standard InChI is InChI=1S/C16H28N2/c1-5-12-18(13-6-2)16-11-9-8-10-14(16)15(7-3)17-4/h8-11,15,17H,5-7,12-13H2,1-4H3. The molecule has 0 saturated heterocycles. The van der Waals surface area contributed by atoms with Crippen molar-refractivity contribution in [1.29, 1.82) is 0 Å². The molecule has 0 heterocycles. The second-order valence-corrected chi connectivity index (χ2v) is 4.80. The molecule has 1 unspecified atom stereocenters. The Kier molecular flexibility index (Phi) is 6.81. The number of hydrogen-bond acceptors (Lipinski definition) is 2. The number of para-hydroxylation sites is 1. The molecule has 102 valence electrons. The molecule has 0 bridgehead atoms. The van der Waals surface area contributed by atoms with E-state index in [0.717, 1.165) is 19.5 Å². The third-order valence-corrected chi connectivity index (χ3v) is 3.40. The highest BCUT2D eigenvalue weighted by atomic mass is 15.1. The van der Waals surface area contributed by atoms with Gasteiger partial charge < -0.3 is 10.2 Å². The van der Waals surface area contributed by atoms with Crippen LogP contribution in [0.4, 0.5) is 5.69 Å². The fourth-order valence-electron chi connectivity index (χ4n) is 2.54. The molecule has 0 aliphatic heterocycles. The highest BCUT2D eigenvalue weighted by Gasteiger charge is 2.15. The Hall–Kier alpha value is -1.02. The van der Waals surface area contributed by atoms with Gasteiger partial charge in [0, 0.05) is 24.8 Å². The van der Waals surface area contributed by atoms with Gasteiger partial charge in [-0.2, -0.15) is 0 Å². The van der Waals surface area contributed by atoms with Crippen LogP contribution in [0.1, 0.15) is 51.6 Å². The molecule has 0 aliphatic carbocycles. The van der Waals surface area contributed by atoms with E-state index in [1.807, 2.05) is 0 Å². The van der Waals surface area contributed by atoms with E-state index < -0.39 is 0 Å². The van der Waals surface area contributed by atoms with Crippen LogP contribution in [-0.4, -0.2) is 20.1 Å². The third kappa shape index (κ3) is 3.74. The fraction of sp³-hybridized carbons (Fsp3) is 0.625. The van der Waals surface area contributed by atoms with Crippen molar-refractivity contribution in [3.63, 3.8) is 0 Å². The SMILES string of the molecule is CCCN(CCC)c1ccccc1C(CC)NC. The molecule has 18 heavy (non-hydrogen) atoms. The quantitative estimate of drug-likeness (QED) is 0.748. The van der Waals surface area contributed by atoms with Crippen molar-refractivity contribution in [3.8, 4) is 0 Å². The van der Waals surface area contributed by atoms with Crippen LogP contribution in [-0.2, 0) is 0 Å². The monoisotopic (exact) mass is 248 g/mol. The van der Waals surface area contributed by atoms with Crippen LogP contribution in [0.2, 0.25) is 0 Å². The first-order valence-corrected chi connectivity index (χ1v) is 7.29. The first-order valence-electron chi connectivity index (χ1n) is 7.29. The molecule has 2 nitrogen and oxygen atoms in total. The summed E-state index contributed by atoms with van der Waals surface area (Å²) >= 11 is 0.